The highest BCUT2D eigenvalue weighted by Gasteiger charge is 2.18. The number of Topliss-reactive ketones (excluding diaryl/α,β-unsaturated/α-hetero) is 1. The maximum atomic E-state index is 12.1. The molecule has 3 heteroatoms. The summed E-state index contributed by atoms with van der Waals surface area (Å²) in [7, 11) is 0. The zero-order valence-electron chi connectivity index (χ0n) is 9.63. The third-order valence-corrected chi connectivity index (χ3v) is 3.39. The van der Waals surface area contributed by atoms with Crippen molar-refractivity contribution >= 4 is 28.4 Å². The first-order chi connectivity index (χ1) is 8.84. The zero-order valence-corrected chi connectivity index (χ0v) is 9.63. The fourth-order valence-corrected chi connectivity index (χ4v) is 2.59. The quantitative estimate of drug-likeness (QED) is 0.599. The van der Waals surface area contributed by atoms with E-state index in [2.05, 4.69) is 4.98 Å². The number of nitrogens with zero attached hydrogens (tertiary/aromatic N) is 2. The molecule has 1 aromatic carbocycles. The van der Waals surface area contributed by atoms with Crippen molar-refractivity contribution in [1.29, 1.82) is 0 Å². The molecule has 0 saturated carbocycles. The summed E-state index contributed by atoms with van der Waals surface area (Å²) in [5, 5.41) is 1.11. The lowest BCUT2D eigenvalue weighted by Crippen LogP contribution is -2.11. The Labute approximate surface area is 103 Å². The Morgan fingerprint density at radius 3 is 3.06 bits per heavy atom. The molecule has 0 fully saturated rings. The lowest BCUT2D eigenvalue weighted by molar-refractivity contribution is 0.0988. The van der Waals surface area contributed by atoms with Crippen molar-refractivity contribution in [2.24, 2.45) is 0 Å². The number of hydrogen-bond acceptors (Lipinski definition) is 2. The molecule has 86 valence electrons. The molecule has 0 bridgehead atoms. The molecule has 0 unspecified atom stereocenters. The van der Waals surface area contributed by atoms with Gasteiger partial charge in [-0.2, -0.15) is 0 Å². The normalized spacial score (nSPS) is 14.3. The number of ketones is 1. The predicted molar refractivity (Wildman–Crippen MR) is 70.7 cm³/mol. The molecular weight excluding hydrogens is 224 g/mol. The van der Waals surface area contributed by atoms with Gasteiger partial charge in [0.1, 0.15) is 5.65 Å². The van der Waals surface area contributed by atoms with E-state index < -0.39 is 0 Å². The van der Waals surface area contributed by atoms with Gasteiger partial charge in [-0.1, -0.05) is 30.4 Å². The van der Waals surface area contributed by atoms with Gasteiger partial charge in [0, 0.05) is 23.6 Å². The van der Waals surface area contributed by atoms with Gasteiger partial charge in [0.2, 0.25) is 0 Å². The van der Waals surface area contributed by atoms with Crippen LogP contribution in [0.2, 0.25) is 0 Å². The van der Waals surface area contributed by atoms with Crippen molar-refractivity contribution in [1.82, 2.24) is 9.38 Å². The molecule has 0 saturated heterocycles. The maximum absolute atomic E-state index is 12.1. The van der Waals surface area contributed by atoms with Crippen LogP contribution in [-0.4, -0.2) is 15.2 Å². The third-order valence-electron chi connectivity index (χ3n) is 3.39. The van der Waals surface area contributed by atoms with Crippen molar-refractivity contribution in [2.75, 3.05) is 0 Å². The van der Waals surface area contributed by atoms with Crippen LogP contribution in [0.15, 0.2) is 42.6 Å². The number of carbonyl (C=O) groups excluding carboxylic acids is 1. The molecule has 3 nitrogen and oxygen atoms in total. The highest BCUT2D eigenvalue weighted by atomic mass is 16.1. The van der Waals surface area contributed by atoms with Gasteiger partial charge < -0.3 is 0 Å². The molecule has 4 rings (SSSR count). The smallest absolute Gasteiger partial charge is 0.184 e. The van der Waals surface area contributed by atoms with E-state index in [4.69, 9.17) is 0 Å². The van der Waals surface area contributed by atoms with Crippen LogP contribution in [0, 0.1) is 0 Å². The van der Waals surface area contributed by atoms with Crippen molar-refractivity contribution in [3.8, 4) is 0 Å². The molecule has 0 radical (unpaired) electrons. The maximum Gasteiger partial charge on any atom is 0.184 e. The SMILES string of the molecule is O=C1CC=Cc2cnc3cc4ccccc4n3c21. The predicted octanol–water partition coefficient (Wildman–Crippen LogP) is 3.09. The summed E-state index contributed by atoms with van der Waals surface area (Å²) in [6.07, 6.45) is 6.11. The van der Waals surface area contributed by atoms with E-state index in [0.29, 0.717) is 6.42 Å². The zero-order chi connectivity index (χ0) is 12.1. The summed E-state index contributed by atoms with van der Waals surface area (Å²) in [5.41, 5.74) is 3.53. The second kappa shape index (κ2) is 3.29. The molecule has 2 aromatic heterocycles. The van der Waals surface area contributed by atoms with Gasteiger partial charge in [0.15, 0.2) is 5.78 Å². The van der Waals surface area contributed by atoms with Crippen LogP contribution in [0.3, 0.4) is 0 Å². The molecule has 2 heterocycles. The first-order valence-corrected chi connectivity index (χ1v) is 5.93. The van der Waals surface area contributed by atoms with E-state index in [1.165, 1.54) is 0 Å². The number of hydrogen-bond donors (Lipinski definition) is 0. The van der Waals surface area contributed by atoms with E-state index in [0.717, 1.165) is 27.8 Å². The van der Waals surface area contributed by atoms with Gasteiger partial charge in [0.25, 0.3) is 0 Å². The van der Waals surface area contributed by atoms with E-state index in [-0.39, 0.29) is 5.78 Å². The minimum absolute atomic E-state index is 0.154. The molecule has 1 aliphatic rings. The lowest BCUT2D eigenvalue weighted by Gasteiger charge is -2.12. The lowest BCUT2D eigenvalue weighted by atomic mass is 10.0. The number of allylic oxidation sites excluding steroid dienone is 1. The van der Waals surface area contributed by atoms with Crippen molar-refractivity contribution in [3.05, 3.63) is 53.9 Å². The number of para-hydroxylation sites is 1. The molecule has 1 aliphatic carbocycles. The van der Waals surface area contributed by atoms with Gasteiger partial charge in [-0.3, -0.25) is 9.20 Å². The van der Waals surface area contributed by atoms with Gasteiger partial charge >= 0.3 is 0 Å². The van der Waals surface area contributed by atoms with Crippen molar-refractivity contribution in [3.63, 3.8) is 0 Å². The number of carbonyl (C=O) groups is 1. The first-order valence-electron chi connectivity index (χ1n) is 5.93. The van der Waals surface area contributed by atoms with Gasteiger partial charge in [-0.25, -0.2) is 4.98 Å². The van der Waals surface area contributed by atoms with Crippen molar-refractivity contribution in [2.45, 2.75) is 6.42 Å². The Morgan fingerprint density at radius 2 is 2.11 bits per heavy atom. The average molecular weight is 234 g/mol. The van der Waals surface area contributed by atoms with Crippen LogP contribution in [0.1, 0.15) is 22.5 Å². The molecule has 0 spiro atoms. The number of fused-ring (bicyclic) bond motifs is 5. The molecule has 0 N–H and O–H groups in total. The Hall–Kier alpha value is -2.42. The van der Waals surface area contributed by atoms with Crippen LogP contribution < -0.4 is 0 Å². The van der Waals surface area contributed by atoms with Gasteiger partial charge in [-0.05, 0) is 12.1 Å². The van der Waals surface area contributed by atoms with Crippen LogP contribution in [0.25, 0.3) is 22.6 Å². The standard InChI is InChI=1S/C15H10N2O/c18-13-7-3-5-11-9-16-14-8-10-4-1-2-6-12(10)17(14)15(11)13/h1-6,8-9H,7H2. The largest absolute Gasteiger partial charge is 0.292 e. The average Bonchev–Trinajstić information content (AvgIpc) is 2.77. The number of benzene rings is 1. The highest BCUT2D eigenvalue weighted by Crippen LogP contribution is 2.25. The van der Waals surface area contributed by atoms with Crippen LogP contribution in [0.4, 0.5) is 0 Å². The topological polar surface area (TPSA) is 34.4 Å². The Balaban J connectivity index is 2.28. The molecule has 3 aromatic rings. The minimum atomic E-state index is 0.154. The molecule has 18 heavy (non-hydrogen) atoms. The van der Waals surface area contributed by atoms with Crippen LogP contribution in [-0.2, 0) is 0 Å². The van der Waals surface area contributed by atoms with Crippen LogP contribution >= 0.6 is 0 Å². The second-order valence-electron chi connectivity index (χ2n) is 4.49. The fourth-order valence-electron chi connectivity index (χ4n) is 2.59. The summed E-state index contributed by atoms with van der Waals surface area (Å²) >= 11 is 0. The summed E-state index contributed by atoms with van der Waals surface area (Å²) < 4.78 is 1.97. The minimum Gasteiger partial charge on any atom is -0.292 e. The second-order valence-corrected chi connectivity index (χ2v) is 4.49. The number of rotatable bonds is 0. The summed E-state index contributed by atoms with van der Waals surface area (Å²) in [5.74, 6) is 0.154. The first kappa shape index (κ1) is 9.59. The summed E-state index contributed by atoms with van der Waals surface area (Å²) in [4.78, 5) is 16.6. The van der Waals surface area contributed by atoms with Gasteiger partial charge in [-0.15, -0.1) is 0 Å². The Kier molecular flexibility index (Phi) is 1.75. The number of aromatic nitrogens is 2. The Morgan fingerprint density at radius 1 is 1.22 bits per heavy atom. The summed E-state index contributed by atoms with van der Waals surface area (Å²) in [6.45, 7) is 0. The molecule has 0 atom stereocenters. The highest BCUT2D eigenvalue weighted by molar-refractivity contribution is 6.03. The van der Waals surface area contributed by atoms with Crippen LogP contribution in [0.5, 0.6) is 0 Å². The molecule has 0 aliphatic heterocycles. The Bertz CT molecular complexity index is 827. The fraction of sp³-hybridized carbons (Fsp3) is 0.0667. The molecular formula is C15H10N2O. The van der Waals surface area contributed by atoms with E-state index in [1.807, 2.05) is 46.9 Å². The van der Waals surface area contributed by atoms with E-state index >= 15 is 0 Å². The van der Waals surface area contributed by atoms with E-state index in [9.17, 15) is 4.79 Å². The van der Waals surface area contributed by atoms with Gasteiger partial charge in [0.05, 0.1) is 11.2 Å². The summed E-state index contributed by atoms with van der Waals surface area (Å²) in [6, 6.07) is 10.1. The van der Waals surface area contributed by atoms with E-state index in [1.54, 1.807) is 6.20 Å². The monoisotopic (exact) mass is 234 g/mol. The third kappa shape index (κ3) is 1.13. The van der Waals surface area contributed by atoms with Crippen molar-refractivity contribution < 1.29 is 4.79 Å². The molecule has 0 amide bonds.